The molecule has 0 aliphatic carbocycles. The van der Waals surface area contributed by atoms with E-state index in [-0.39, 0.29) is 88.7 Å². The highest BCUT2D eigenvalue weighted by atomic mass is 31.2. The molecule has 0 saturated heterocycles. The van der Waals surface area contributed by atoms with Crippen LogP contribution in [0.2, 0.25) is 0 Å². The van der Waals surface area contributed by atoms with Crippen molar-refractivity contribution in [3.05, 3.63) is 25.3 Å². The first-order valence-corrected chi connectivity index (χ1v) is 50.9. The Labute approximate surface area is 700 Å². The number of carbonyl (C=O) groups is 5. The van der Waals surface area contributed by atoms with Crippen LogP contribution in [-0.4, -0.2) is 107 Å². The van der Waals surface area contributed by atoms with E-state index >= 15 is 0 Å². The Kier molecular flexibility index (Phi) is 82.5. The van der Waals surface area contributed by atoms with Gasteiger partial charge in [0.05, 0.1) is 51.7 Å². The molecule has 0 heterocycles. The van der Waals surface area contributed by atoms with Gasteiger partial charge < -0.3 is 30.7 Å². The smallest absolute Gasteiger partial charge is 0.462 e. The number of rotatable bonds is 92. The van der Waals surface area contributed by atoms with Gasteiger partial charge in [0.2, 0.25) is 11.8 Å². The van der Waals surface area contributed by atoms with Gasteiger partial charge in [0.15, 0.2) is 0 Å². The lowest BCUT2D eigenvalue weighted by molar-refractivity contribution is -0.151. The van der Waals surface area contributed by atoms with Crippen molar-refractivity contribution in [1.82, 2.24) is 21.3 Å². The van der Waals surface area contributed by atoms with Gasteiger partial charge in [-0.15, -0.1) is 13.2 Å². The largest absolute Gasteiger partial charge is 0.475 e. The SMILES string of the molecule is C=CCOP(=O)(OCCNC(=O)NCCOP(=O)(OCC=C)OC[C@@H](CCCC(CCCCCCCC)OC(=O)CCCCCCCCCCCC)NC(=O)CCCCCCCCCCCCC)OC[C@@H](CCCC(CCCCCCCC)OC(=O)CCCCCCCCCCCC)NC(=O)CCCCCCCCCCCCC. The molecule has 114 heavy (non-hydrogen) atoms. The number of nitrogens with one attached hydrogen (secondary N) is 4. The number of amides is 4. The molecule has 0 rings (SSSR count). The van der Waals surface area contributed by atoms with Crippen molar-refractivity contribution in [3.8, 4) is 0 Å². The molecule has 0 aromatic rings. The highest BCUT2D eigenvalue weighted by Crippen LogP contribution is 2.50. The topological polar surface area (TPSA) is 241 Å². The van der Waals surface area contributed by atoms with Crippen LogP contribution in [0, 0.1) is 0 Å². The summed E-state index contributed by atoms with van der Waals surface area (Å²) in [5.74, 6) is -0.538. The quantitative estimate of drug-likeness (QED) is 0.0192. The van der Waals surface area contributed by atoms with E-state index < -0.39 is 33.8 Å². The normalized spacial score (nSPS) is 13.7. The maximum atomic E-state index is 14.3. The summed E-state index contributed by atoms with van der Waals surface area (Å²) in [6.45, 7) is 19.5. The van der Waals surface area contributed by atoms with Crippen molar-refractivity contribution in [3.63, 3.8) is 0 Å². The van der Waals surface area contributed by atoms with E-state index in [0.717, 1.165) is 141 Å². The van der Waals surface area contributed by atoms with Crippen LogP contribution in [0.3, 0.4) is 0 Å². The van der Waals surface area contributed by atoms with E-state index in [9.17, 15) is 33.1 Å². The number of urea groups is 1. The van der Waals surface area contributed by atoms with E-state index in [2.05, 4.69) is 76.0 Å². The molecule has 0 aliphatic rings. The Morgan fingerprint density at radius 3 is 0.789 bits per heavy atom. The lowest BCUT2D eigenvalue weighted by atomic mass is 10.0. The second kappa shape index (κ2) is 84.9. The molecule has 672 valence electrons. The second-order valence-electron chi connectivity index (χ2n) is 32.7. The lowest BCUT2D eigenvalue weighted by Gasteiger charge is -2.24. The van der Waals surface area contributed by atoms with Crippen LogP contribution in [0.25, 0.3) is 0 Å². The number of carbonyl (C=O) groups excluding carboxylic acids is 5. The fourth-order valence-electron chi connectivity index (χ4n) is 14.5. The fourth-order valence-corrected chi connectivity index (χ4v) is 16.9. The van der Waals surface area contributed by atoms with Crippen LogP contribution in [0.1, 0.15) is 465 Å². The molecular formula is C93H180N4O15P2. The molecule has 0 fully saturated rings. The maximum Gasteiger partial charge on any atom is 0.475 e. The van der Waals surface area contributed by atoms with Gasteiger partial charge in [-0.25, -0.2) is 13.9 Å². The summed E-state index contributed by atoms with van der Waals surface area (Å²) in [4.78, 5) is 67.2. The average molecular weight is 1660 g/mol. The molecular weight excluding hydrogens is 1470 g/mol. The standard InChI is InChI=1S/C93H180N4O15P2/c1-9-17-23-29-35-39-43-45-49-55-61-73-89(98)96-85(67-65-71-87(69-59-53-33-27-21-13-5)111-91(100)75-63-57-51-47-41-37-31-25-19-11-3)83-109-113(103,105-79-15-7)107-81-77-94-93(102)95-78-82-108-114(104,106-80-16-8)110-84-86(97-90(99)74-62-56-50-46-44-40-36-30-24-18-10-2)68-66-72-88(70-60-54-34-28-22-14-6)112-92(101)76-64-58-52-48-42-38-32-26-20-12-4/h15-16,85-88H,7-14,17-84H2,1-6H3,(H,96,98)(H,97,99)(H2,94,95,102)/t85-,86-,87?,88?,113?,114?/m1/s1. The predicted molar refractivity (Wildman–Crippen MR) is 475 cm³/mol. The molecule has 0 bridgehead atoms. The van der Waals surface area contributed by atoms with Crippen LogP contribution < -0.4 is 21.3 Å². The van der Waals surface area contributed by atoms with E-state index in [1.54, 1.807) is 0 Å². The Balaban J connectivity index is 6.10. The van der Waals surface area contributed by atoms with Crippen molar-refractivity contribution in [2.75, 3.05) is 52.7 Å². The van der Waals surface area contributed by atoms with Gasteiger partial charge in [0.1, 0.15) is 12.2 Å². The first-order valence-electron chi connectivity index (χ1n) is 47.9. The fraction of sp³-hybridized carbons (Fsp3) is 0.903. The summed E-state index contributed by atoms with van der Waals surface area (Å²) in [6.07, 6.45) is 71.9. The number of ether oxygens (including phenoxy) is 2. The molecule has 6 atom stereocenters. The van der Waals surface area contributed by atoms with Crippen molar-refractivity contribution < 1.29 is 69.7 Å². The molecule has 0 radical (unpaired) electrons. The summed E-state index contributed by atoms with van der Waals surface area (Å²) in [6, 6.07) is -1.72. The van der Waals surface area contributed by atoms with Crippen LogP contribution >= 0.6 is 15.6 Å². The number of esters is 2. The van der Waals surface area contributed by atoms with Gasteiger partial charge in [0.25, 0.3) is 0 Å². The molecule has 4 amide bonds. The van der Waals surface area contributed by atoms with Gasteiger partial charge in [-0.05, 0) is 89.9 Å². The van der Waals surface area contributed by atoms with Crippen LogP contribution in [0.4, 0.5) is 4.79 Å². The molecule has 0 aromatic heterocycles. The summed E-state index contributed by atoms with van der Waals surface area (Å²) in [7, 11) is -8.56. The molecule has 19 nitrogen and oxygen atoms in total. The van der Waals surface area contributed by atoms with Crippen molar-refractivity contribution in [1.29, 1.82) is 0 Å². The van der Waals surface area contributed by atoms with E-state index in [1.165, 1.54) is 230 Å². The van der Waals surface area contributed by atoms with Crippen molar-refractivity contribution in [2.45, 2.75) is 490 Å². The van der Waals surface area contributed by atoms with Crippen LogP contribution in [0.15, 0.2) is 25.3 Å². The monoisotopic (exact) mass is 1660 g/mol. The summed E-state index contributed by atoms with van der Waals surface area (Å²) in [5, 5.41) is 11.7. The van der Waals surface area contributed by atoms with Gasteiger partial charge in [-0.2, -0.15) is 0 Å². The molecule has 0 aliphatic heterocycles. The van der Waals surface area contributed by atoms with Crippen LogP contribution in [-0.2, 0) is 64.9 Å². The third-order valence-corrected chi connectivity index (χ3v) is 24.4. The maximum absolute atomic E-state index is 14.3. The highest BCUT2D eigenvalue weighted by molar-refractivity contribution is 7.48. The average Bonchev–Trinajstić information content (AvgIpc) is 0.889. The van der Waals surface area contributed by atoms with Crippen molar-refractivity contribution >= 4 is 45.4 Å². The first kappa shape index (κ1) is 111. The zero-order chi connectivity index (χ0) is 83.4. The third-order valence-electron chi connectivity index (χ3n) is 21.6. The Hall–Kier alpha value is -3.15. The van der Waals surface area contributed by atoms with Crippen molar-refractivity contribution in [2.24, 2.45) is 0 Å². The minimum absolute atomic E-state index is 0.105. The van der Waals surface area contributed by atoms with Gasteiger partial charge in [-0.3, -0.25) is 46.3 Å². The zero-order valence-electron chi connectivity index (χ0n) is 74.7. The van der Waals surface area contributed by atoms with Gasteiger partial charge >= 0.3 is 33.6 Å². The Morgan fingerprint density at radius 1 is 0.289 bits per heavy atom. The molecule has 0 aromatic carbocycles. The minimum atomic E-state index is -4.28. The van der Waals surface area contributed by atoms with Gasteiger partial charge in [0, 0.05) is 38.8 Å². The van der Waals surface area contributed by atoms with E-state index in [0.29, 0.717) is 64.2 Å². The molecule has 21 heteroatoms. The zero-order valence-corrected chi connectivity index (χ0v) is 76.5. The summed E-state index contributed by atoms with van der Waals surface area (Å²) >= 11 is 0. The summed E-state index contributed by atoms with van der Waals surface area (Å²) < 4.78 is 75.9. The second-order valence-corrected chi connectivity index (χ2v) is 36.0. The molecule has 4 N–H and O–H groups in total. The number of hydrogen-bond acceptors (Lipinski definition) is 15. The first-order chi connectivity index (χ1) is 55.6. The highest BCUT2D eigenvalue weighted by Gasteiger charge is 2.31. The molecule has 0 spiro atoms. The number of unbranched alkanes of at least 4 members (excludes halogenated alkanes) is 48. The minimum Gasteiger partial charge on any atom is -0.462 e. The van der Waals surface area contributed by atoms with Gasteiger partial charge in [-0.1, -0.05) is 362 Å². The lowest BCUT2D eigenvalue weighted by Crippen LogP contribution is -2.39. The summed E-state index contributed by atoms with van der Waals surface area (Å²) in [5.41, 5.74) is 0. The predicted octanol–water partition coefficient (Wildman–Crippen LogP) is 27.6. The van der Waals surface area contributed by atoms with Crippen LogP contribution in [0.5, 0.6) is 0 Å². The molecule has 4 unspecified atom stereocenters. The molecule has 0 saturated carbocycles. The number of phosphoric acid groups is 2. The Morgan fingerprint density at radius 2 is 0.526 bits per heavy atom. The number of hydrogen-bond donors (Lipinski definition) is 4. The Bertz CT molecular complexity index is 2150. The third kappa shape index (κ3) is 76.3. The van der Waals surface area contributed by atoms with E-state index in [4.69, 9.17) is 36.6 Å². The number of phosphoric ester groups is 2. The van der Waals surface area contributed by atoms with E-state index in [1.807, 2.05) is 0 Å².